The molecule has 16 heavy (non-hydrogen) atoms. The van der Waals surface area contributed by atoms with Crippen LogP contribution in [-0.2, 0) is 4.74 Å². The molecule has 0 saturated heterocycles. The molecule has 1 saturated carbocycles. The first-order chi connectivity index (χ1) is 7.70. The maximum atomic E-state index is 11.3. The highest BCUT2D eigenvalue weighted by atomic mass is 32.1. The number of nitrogens with zero attached hydrogens (tertiary/aromatic N) is 1. The van der Waals surface area contributed by atoms with Crippen molar-refractivity contribution in [3.05, 3.63) is 16.1 Å². The highest BCUT2D eigenvalue weighted by molar-refractivity contribution is 7.13. The minimum Gasteiger partial charge on any atom is -0.465 e. The molecule has 0 spiro atoms. The lowest BCUT2D eigenvalue weighted by Gasteiger charge is -2.24. The molecular formula is C12H17NO2S. The van der Waals surface area contributed by atoms with Crippen LogP contribution in [0.15, 0.2) is 6.20 Å². The first-order valence-corrected chi connectivity index (χ1v) is 6.56. The fraction of sp³-hybridized carbons (Fsp3) is 0.667. The summed E-state index contributed by atoms with van der Waals surface area (Å²) in [4.78, 5) is 16.3. The third-order valence-corrected chi connectivity index (χ3v) is 4.42. The lowest BCUT2D eigenvalue weighted by molar-refractivity contribution is 0.0606. The molecule has 1 fully saturated rings. The number of hydrogen-bond donors (Lipinski definition) is 0. The Bertz CT molecular complexity index is 367. The summed E-state index contributed by atoms with van der Waals surface area (Å²) in [7, 11) is 1.41. The Morgan fingerprint density at radius 2 is 2.12 bits per heavy atom. The molecule has 0 unspecified atom stereocenters. The minimum atomic E-state index is -0.270. The third kappa shape index (κ3) is 2.43. The molecule has 3 nitrogen and oxygen atoms in total. The number of thiazole rings is 1. The van der Waals surface area contributed by atoms with Gasteiger partial charge in [0.15, 0.2) is 0 Å². The van der Waals surface area contributed by atoms with E-state index >= 15 is 0 Å². The monoisotopic (exact) mass is 239 g/mol. The lowest BCUT2D eigenvalue weighted by atomic mass is 9.83. The van der Waals surface area contributed by atoms with E-state index in [4.69, 9.17) is 0 Å². The van der Waals surface area contributed by atoms with E-state index in [0.29, 0.717) is 10.8 Å². The Morgan fingerprint density at radius 3 is 2.75 bits per heavy atom. The Morgan fingerprint density at radius 1 is 1.44 bits per heavy atom. The second-order valence-electron chi connectivity index (χ2n) is 4.51. The van der Waals surface area contributed by atoms with Gasteiger partial charge in [-0.25, -0.2) is 9.78 Å². The maximum absolute atomic E-state index is 11.3. The van der Waals surface area contributed by atoms with Crippen LogP contribution in [-0.4, -0.2) is 18.1 Å². The average molecular weight is 239 g/mol. The Hall–Kier alpha value is -0.900. The smallest absolute Gasteiger partial charge is 0.349 e. The van der Waals surface area contributed by atoms with Gasteiger partial charge in [-0.05, 0) is 18.8 Å². The van der Waals surface area contributed by atoms with Crippen molar-refractivity contribution in [3.63, 3.8) is 0 Å². The van der Waals surface area contributed by atoms with E-state index in [9.17, 15) is 4.79 Å². The molecule has 1 aromatic heterocycles. The predicted molar refractivity (Wildman–Crippen MR) is 63.8 cm³/mol. The van der Waals surface area contributed by atoms with Crippen LogP contribution < -0.4 is 0 Å². The largest absolute Gasteiger partial charge is 0.465 e. The van der Waals surface area contributed by atoms with Crippen molar-refractivity contribution in [2.75, 3.05) is 7.11 Å². The summed E-state index contributed by atoms with van der Waals surface area (Å²) in [5, 5.41) is 1.10. The molecule has 0 N–H and O–H groups in total. The van der Waals surface area contributed by atoms with Crippen molar-refractivity contribution in [2.45, 2.75) is 38.5 Å². The quantitative estimate of drug-likeness (QED) is 0.744. The van der Waals surface area contributed by atoms with Gasteiger partial charge in [-0.3, -0.25) is 0 Å². The van der Waals surface area contributed by atoms with Crippen LogP contribution in [0, 0.1) is 5.92 Å². The fourth-order valence-electron chi connectivity index (χ4n) is 2.18. The van der Waals surface area contributed by atoms with E-state index in [-0.39, 0.29) is 5.97 Å². The lowest BCUT2D eigenvalue weighted by Crippen LogP contribution is -2.10. The zero-order valence-electron chi connectivity index (χ0n) is 9.73. The van der Waals surface area contributed by atoms with Crippen LogP contribution in [0.5, 0.6) is 0 Å². The van der Waals surface area contributed by atoms with Gasteiger partial charge in [0.05, 0.1) is 18.3 Å². The molecule has 0 aromatic carbocycles. The van der Waals surface area contributed by atoms with Gasteiger partial charge in [0.2, 0.25) is 0 Å². The average Bonchev–Trinajstić information content (AvgIpc) is 2.78. The fourth-order valence-corrected chi connectivity index (χ4v) is 3.18. The topological polar surface area (TPSA) is 39.2 Å². The molecule has 0 amide bonds. The van der Waals surface area contributed by atoms with Crippen molar-refractivity contribution in [1.82, 2.24) is 4.98 Å². The number of carbonyl (C=O) groups excluding carboxylic acids is 1. The first kappa shape index (κ1) is 11.6. The van der Waals surface area contributed by atoms with Gasteiger partial charge in [0, 0.05) is 5.92 Å². The van der Waals surface area contributed by atoms with Crippen LogP contribution in [0.4, 0.5) is 0 Å². The highest BCUT2D eigenvalue weighted by Crippen LogP contribution is 2.37. The second kappa shape index (κ2) is 4.95. The first-order valence-electron chi connectivity index (χ1n) is 5.74. The summed E-state index contributed by atoms with van der Waals surface area (Å²) < 4.78 is 4.69. The molecule has 0 bridgehead atoms. The standard InChI is InChI=1S/C12H17NO2S/c1-8-3-5-9(6-4-8)11-13-7-10(16-11)12(14)15-2/h7-9H,3-6H2,1-2H3. The maximum Gasteiger partial charge on any atom is 0.349 e. The molecule has 88 valence electrons. The van der Waals surface area contributed by atoms with E-state index in [1.807, 2.05) is 0 Å². The van der Waals surface area contributed by atoms with E-state index < -0.39 is 0 Å². The van der Waals surface area contributed by atoms with Gasteiger partial charge in [0.25, 0.3) is 0 Å². The molecule has 0 radical (unpaired) electrons. The van der Waals surface area contributed by atoms with Crippen LogP contribution in [0.1, 0.15) is 53.2 Å². The number of esters is 1. The molecule has 4 heteroatoms. The number of methoxy groups -OCH3 is 1. The normalized spacial score (nSPS) is 25.4. The zero-order chi connectivity index (χ0) is 11.5. The van der Waals surface area contributed by atoms with Crippen LogP contribution in [0.2, 0.25) is 0 Å². The molecule has 1 aliphatic carbocycles. The molecular weight excluding hydrogens is 222 g/mol. The van der Waals surface area contributed by atoms with E-state index in [1.54, 1.807) is 6.20 Å². The summed E-state index contributed by atoms with van der Waals surface area (Å²) in [5.74, 6) is 1.13. The molecule has 1 aliphatic rings. The molecule has 1 heterocycles. The van der Waals surface area contributed by atoms with Gasteiger partial charge in [-0.1, -0.05) is 19.8 Å². The number of ether oxygens (including phenoxy) is 1. The number of hydrogen-bond acceptors (Lipinski definition) is 4. The van der Waals surface area contributed by atoms with Gasteiger partial charge < -0.3 is 4.74 Å². The Kier molecular flexibility index (Phi) is 3.59. The summed E-state index contributed by atoms with van der Waals surface area (Å²) in [6.07, 6.45) is 6.60. The second-order valence-corrected chi connectivity index (χ2v) is 5.57. The predicted octanol–water partition coefficient (Wildman–Crippen LogP) is 3.22. The molecule has 1 aromatic rings. The number of aromatic nitrogens is 1. The Labute approximate surface area is 99.8 Å². The van der Waals surface area contributed by atoms with Crippen molar-refractivity contribution in [1.29, 1.82) is 0 Å². The van der Waals surface area contributed by atoms with E-state index in [2.05, 4.69) is 16.6 Å². The summed E-state index contributed by atoms with van der Waals surface area (Å²) in [6, 6.07) is 0. The highest BCUT2D eigenvalue weighted by Gasteiger charge is 2.23. The van der Waals surface area contributed by atoms with Gasteiger partial charge in [0.1, 0.15) is 4.88 Å². The van der Waals surface area contributed by atoms with Crippen LogP contribution in [0.3, 0.4) is 0 Å². The minimum absolute atomic E-state index is 0.270. The summed E-state index contributed by atoms with van der Waals surface area (Å²) >= 11 is 1.49. The molecule has 2 rings (SSSR count). The number of carbonyl (C=O) groups is 1. The van der Waals surface area contributed by atoms with Gasteiger partial charge >= 0.3 is 5.97 Å². The molecule has 0 atom stereocenters. The summed E-state index contributed by atoms with van der Waals surface area (Å²) in [6.45, 7) is 2.30. The molecule has 0 aliphatic heterocycles. The van der Waals surface area contributed by atoms with Gasteiger partial charge in [-0.2, -0.15) is 0 Å². The van der Waals surface area contributed by atoms with Crippen molar-refractivity contribution in [2.24, 2.45) is 5.92 Å². The van der Waals surface area contributed by atoms with E-state index in [0.717, 1.165) is 10.9 Å². The van der Waals surface area contributed by atoms with Crippen molar-refractivity contribution in [3.8, 4) is 0 Å². The Balaban J connectivity index is 2.04. The summed E-state index contributed by atoms with van der Waals surface area (Å²) in [5.41, 5.74) is 0. The van der Waals surface area contributed by atoms with Gasteiger partial charge in [-0.15, -0.1) is 11.3 Å². The zero-order valence-corrected chi connectivity index (χ0v) is 10.5. The SMILES string of the molecule is COC(=O)c1cnc(C2CCC(C)CC2)s1. The van der Waals surface area contributed by atoms with Crippen LogP contribution in [0.25, 0.3) is 0 Å². The van der Waals surface area contributed by atoms with Crippen LogP contribution >= 0.6 is 11.3 Å². The third-order valence-electron chi connectivity index (χ3n) is 3.28. The van der Waals surface area contributed by atoms with E-state index in [1.165, 1.54) is 44.1 Å². The van der Waals surface area contributed by atoms with Crippen molar-refractivity contribution >= 4 is 17.3 Å². The van der Waals surface area contributed by atoms with Crippen molar-refractivity contribution < 1.29 is 9.53 Å². The number of rotatable bonds is 2.